The zero-order valence-electron chi connectivity index (χ0n) is 14.6. The summed E-state index contributed by atoms with van der Waals surface area (Å²) in [4.78, 5) is 13.7. The number of nitrogens with zero attached hydrogens (tertiary/aromatic N) is 1. The second-order valence-corrected chi connectivity index (χ2v) is 5.59. The third kappa shape index (κ3) is 5.39. The molecule has 1 saturated heterocycles. The van der Waals surface area contributed by atoms with Gasteiger partial charge >= 0.3 is 6.18 Å². The highest BCUT2D eigenvalue weighted by Crippen LogP contribution is 2.31. The number of benzene rings is 1. The molecule has 1 fully saturated rings. The van der Waals surface area contributed by atoms with Gasteiger partial charge < -0.3 is 20.1 Å². The highest BCUT2D eigenvalue weighted by atomic mass is 35.5. The number of piperazine rings is 1. The first-order valence-corrected chi connectivity index (χ1v) is 7.89. The van der Waals surface area contributed by atoms with Crippen LogP contribution in [0, 0.1) is 0 Å². The van der Waals surface area contributed by atoms with E-state index >= 15 is 0 Å². The molecule has 0 spiro atoms. The van der Waals surface area contributed by atoms with E-state index in [2.05, 4.69) is 10.6 Å². The number of carbonyl (C=O) groups excluding carboxylic acids is 1. The van der Waals surface area contributed by atoms with Gasteiger partial charge in [-0.2, -0.15) is 13.2 Å². The Kier molecular flexibility index (Phi) is 8.45. The van der Waals surface area contributed by atoms with Crippen LogP contribution in [0.1, 0.15) is 10.4 Å². The van der Waals surface area contributed by atoms with Crippen molar-refractivity contribution in [1.82, 2.24) is 15.5 Å². The van der Waals surface area contributed by atoms with Crippen molar-refractivity contribution >= 4 is 18.3 Å². The lowest BCUT2D eigenvalue weighted by Gasteiger charge is -2.35. The van der Waals surface area contributed by atoms with E-state index in [1.807, 2.05) is 0 Å². The topological polar surface area (TPSA) is 62.8 Å². The fourth-order valence-corrected chi connectivity index (χ4v) is 2.80. The van der Waals surface area contributed by atoms with E-state index in [1.165, 1.54) is 25.2 Å². The van der Waals surface area contributed by atoms with E-state index in [0.29, 0.717) is 18.8 Å². The second-order valence-electron chi connectivity index (χ2n) is 5.59. The van der Waals surface area contributed by atoms with E-state index in [0.717, 1.165) is 0 Å². The van der Waals surface area contributed by atoms with E-state index in [9.17, 15) is 18.0 Å². The van der Waals surface area contributed by atoms with Crippen molar-refractivity contribution in [3.63, 3.8) is 0 Å². The molecule has 26 heavy (non-hydrogen) atoms. The molecule has 0 bridgehead atoms. The Bertz CT molecular complexity index is 596. The van der Waals surface area contributed by atoms with Gasteiger partial charge in [0.05, 0.1) is 19.8 Å². The van der Waals surface area contributed by atoms with Crippen molar-refractivity contribution in [1.29, 1.82) is 0 Å². The Morgan fingerprint density at radius 3 is 2.46 bits per heavy atom. The molecule has 1 heterocycles. The van der Waals surface area contributed by atoms with Crippen molar-refractivity contribution < 1.29 is 27.4 Å². The SMILES string of the molecule is COc1cccc(C(=O)NCC(N2CCNCC2)C(F)(F)F)c1OC.Cl. The number of halogens is 4. The normalized spacial score (nSPS) is 16.3. The largest absolute Gasteiger partial charge is 0.493 e. The molecule has 2 rings (SSSR count). The number of amides is 1. The van der Waals surface area contributed by atoms with E-state index in [1.54, 1.807) is 12.1 Å². The Morgan fingerprint density at radius 1 is 1.27 bits per heavy atom. The van der Waals surface area contributed by atoms with Crippen LogP contribution >= 0.6 is 12.4 Å². The van der Waals surface area contributed by atoms with Gasteiger partial charge in [0.1, 0.15) is 6.04 Å². The number of hydrogen-bond acceptors (Lipinski definition) is 5. The predicted octanol–water partition coefficient (Wildman–Crippen LogP) is 1.69. The third-order valence-corrected chi connectivity index (χ3v) is 4.07. The smallest absolute Gasteiger partial charge is 0.405 e. The van der Waals surface area contributed by atoms with Gasteiger partial charge in [-0.25, -0.2) is 0 Å². The molecule has 0 aromatic heterocycles. The Balaban J connectivity index is 0.00000338. The highest BCUT2D eigenvalue weighted by molar-refractivity contribution is 5.97. The summed E-state index contributed by atoms with van der Waals surface area (Å²) >= 11 is 0. The van der Waals surface area contributed by atoms with Crippen LogP contribution in [0.15, 0.2) is 18.2 Å². The molecular formula is C16H23ClF3N3O3. The fourth-order valence-electron chi connectivity index (χ4n) is 2.80. The van der Waals surface area contributed by atoms with Crippen molar-refractivity contribution in [2.24, 2.45) is 0 Å². The summed E-state index contributed by atoms with van der Waals surface area (Å²) in [5.74, 6) is -0.113. The molecule has 10 heteroatoms. The Morgan fingerprint density at radius 2 is 1.92 bits per heavy atom. The van der Waals surface area contributed by atoms with E-state index < -0.39 is 24.7 Å². The number of carbonyl (C=O) groups is 1. The van der Waals surface area contributed by atoms with Crippen LogP contribution in [0.25, 0.3) is 0 Å². The summed E-state index contributed by atoms with van der Waals surface area (Å²) in [5, 5.41) is 5.39. The zero-order valence-corrected chi connectivity index (χ0v) is 15.4. The summed E-state index contributed by atoms with van der Waals surface area (Å²) in [5.41, 5.74) is 0.128. The lowest BCUT2D eigenvalue weighted by atomic mass is 10.1. The Labute approximate surface area is 156 Å². The minimum absolute atomic E-state index is 0. The van der Waals surface area contributed by atoms with E-state index in [4.69, 9.17) is 9.47 Å². The number of hydrogen-bond donors (Lipinski definition) is 2. The molecule has 1 aliphatic rings. The zero-order chi connectivity index (χ0) is 18.4. The predicted molar refractivity (Wildman–Crippen MR) is 93.4 cm³/mol. The maximum atomic E-state index is 13.4. The number of nitrogens with one attached hydrogen (secondary N) is 2. The van der Waals surface area contributed by atoms with Crippen LogP contribution in [0.2, 0.25) is 0 Å². The van der Waals surface area contributed by atoms with Crippen molar-refractivity contribution in [2.45, 2.75) is 12.2 Å². The first-order valence-electron chi connectivity index (χ1n) is 7.89. The molecule has 1 amide bonds. The molecular weight excluding hydrogens is 375 g/mol. The van der Waals surface area contributed by atoms with Gasteiger partial charge in [0.15, 0.2) is 11.5 Å². The molecule has 0 aliphatic carbocycles. The summed E-state index contributed by atoms with van der Waals surface area (Å²) < 4.78 is 50.3. The van der Waals surface area contributed by atoms with Crippen molar-refractivity contribution in [3.05, 3.63) is 23.8 Å². The monoisotopic (exact) mass is 397 g/mol. The summed E-state index contributed by atoms with van der Waals surface area (Å²) in [6, 6.07) is 2.93. The summed E-state index contributed by atoms with van der Waals surface area (Å²) in [7, 11) is 2.79. The number of rotatable bonds is 6. The van der Waals surface area contributed by atoms with Gasteiger partial charge in [0, 0.05) is 32.7 Å². The number of alkyl halides is 3. The van der Waals surface area contributed by atoms with Crippen LogP contribution in [0.4, 0.5) is 13.2 Å². The maximum Gasteiger partial charge on any atom is 0.405 e. The quantitative estimate of drug-likeness (QED) is 0.765. The minimum Gasteiger partial charge on any atom is -0.493 e. The molecule has 1 aromatic rings. The summed E-state index contributed by atoms with van der Waals surface area (Å²) in [6.45, 7) is 1.02. The second kappa shape index (κ2) is 9.84. The molecule has 1 atom stereocenters. The van der Waals surface area contributed by atoms with Crippen molar-refractivity contribution in [3.8, 4) is 11.5 Å². The first kappa shape index (κ1) is 22.3. The van der Waals surface area contributed by atoms with Crippen LogP contribution in [0.3, 0.4) is 0 Å². The molecule has 6 nitrogen and oxygen atoms in total. The molecule has 1 aromatic carbocycles. The van der Waals surface area contributed by atoms with Crippen LogP contribution < -0.4 is 20.1 Å². The first-order chi connectivity index (χ1) is 11.9. The maximum absolute atomic E-state index is 13.4. The van der Waals surface area contributed by atoms with Gasteiger partial charge in [-0.3, -0.25) is 9.69 Å². The van der Waals surface area contributed by atoms with E-state index in [-0.39, 0.29) is 36.8 Å². The average Bonchev–Trinajstić information content (AvgIpc) is 2.60. The van der Waals surface area contributed by atoms with Gasteiger partial charge in [-0.1, -0.05) is 6.07 Å². The molecule has 0 saturated carbocycles. The fraction of sp³-hybridized carbons (Fsp3) is 0.562. The minimum atomic E-state index is -4.43. The number of methoxy groups -OCH3 is 2. The lowest BCUT2D eigenvalue weighted by molar-refractivity contribution is -0.183. The molecule has 0 radical (unpaired) electrons. The lowest BCUT2D eigenvalue weighted by Crippen LogP contribution is -2.57. The van der Waals surface area contributed by atoms with Crippen LogP contribution in [-0.4, -0.2) is 70.0 Å². The Hall–Kier alpha value is -1.71. The standard InChI is InChI=1S/C16H22F3N3O3.ClH/c1-24-12-5-3-4-11(14(12)25-2)15(23)21-10-13(16(17,18)19)22-8-6-20-7-9-22;/h3-5,13,20H,6-10H2,1-2H3,(H,21,23);1H. The van der Waals surface area contributed by atoms with Gasteiger partial charge in [-0.05, 0) is 12.1 Å². The van der Waals surface area contributed by atoms with Crippen LogP contribution in [-0.2, 0) is 0 Å². The molecule has 2 N–H and O–H groups in total. The number of ether oxygens (including phenoxy) is 2. The molecule has 148 valence electrons. The molecule has 1 unspecified atom stereocenters. The molecule has 1 aliphatic heterocycles. The van der Waals surface area contributed by atoms with Crippen LogP contribution in [0.5, 0.6) is 11.5 Å². The third-order valence-electron chi connectivity index (χ3n) is 4.07. The van der Waals surface area contributed by atoms with Gasteiger partial charge in [0.2, 0.25) is 0 Å². The number of para-hydroxylation sites is 1. The average molecular weight is 398 g/mol. The van der Waals surface area contributed by atoms with Crippen molar-refractivity contribution in [2.75, 3.05) is 46.9 Å². The summed E-state index contributed by atoms with van der Waals surface area (Å²) in [6.07, 6.45) is -4.43. The highest BCUT2D eigenvalue weighted by Gasteiger charge is 2.43. The van der Waals surface area contributed by atoms with Gasteiger partial charge in [-0.15, -0.1) is 12.4 Å². The van der Waals surface area contributed by atoms with Gasteiger partial charge in [0.25, 0.3) is 5.91 Å².